The molecule has 2 aromatic heterocycles. The number of thiazole rings is 1. The second-order valence-electron chi connectivity index (χ2n) is 10.8. The van der Waals surface area contributed by atoms with Crippen LogP contribution in [-0.2, 0) is 0 Å². The second-order valence-corrected chi connectivity index (χ2v) is 11.7. The summed E-state index contributed by atoms with van der Waals surface area (Å²) in [6.07, 6.45) is 5.43. The van der Waals surface area contributed by atoms with Crippen LogP contribution in [0.15, 0.2) is 29.5 Å². The van der Waals surface area contributed by atoms with Gasteiger partial charge in [0, 0.05) is 47.2 Å². The molecule has 0 radical (unpaired) electrons. The molecule has 0 bridgehead atoms. The maximum absolute atomic E-state index is 15.0. The van der Waals surface area contributed by atoms with Gasteiger partial charge in [-0.05, 0) is 84.6 Å². The minimum atomic E-state index is -0.275. The van der Waals surface area contributed by atoms with Crippen molar-refractivity contribution in [3.8, 4) is 11.1 Å². The highest BCUT2D eigenvalue weighted by Crippen LogP contribution is 2.38. The van der Waals surface area contributed by atoms with E-state index in [0.29, 0.717) is 11.6 Å². The van der Waals surface area contributed by atoms with Gasteiger partial charge in [-0.15, -0.1) is 0 Å². The first-order valence-corrected chi connectivity index (χ1v) is 12.5. The molecule has 0 spiro atoms. The average molecular weight is 483 g/mol. The molecule has 1 fully saturated rings. The van der Waals surface area contributed by atoms with Gasteiger partial charge in [0.1, 0.15) is 10.8 Å². The molecule has 0 saturated carbocycles. The molecule has 1 aliphatic heterocycles. The number of hydrogen-bond acceptors (Lipinski definition) is 6. The largest absolute Gasteiger partial charge is 0.348 e. The van der Waals surface area contributed by atoms with Crippen LogP contribution >= 0.6 is 11.3 Å². The van der Waals surface area contributed by atoms with E-state index in [0.717, 1.165) is 51.1 Å². The van der Waals surface area contributed by atoms with Crippen molar-refractivity contribution in [2.24, 2.45) is 4.99 Å². The van der Waals surface area contributed by atoms with E-state index in [2.05, 4.69) is 55.2 Å². The highest BCUT2D eigenvalue weighted by atomic mass is 32.1. The van der Waals surface area contributed by atoms with Gasteiger partial charge in [0.15, 0.2) is 5.13 Å². The number of aryl methyl sites for hydroxylation is 2. The summed E-state index contributed by atoms with van der Waals surface area (Å²) >= 11 is 1.59. The molecule has 0 aliphatic carbocycles. The number of benzene rings is 1. The van der Waals surface area contributed by atoms with E-state index in [9.17, 15) is 4.39 Å². The Morgan fingerprint density at radius 3 is 2.44 bits per heavy atom. The molecule has 3 aromatic rings. The summed E-state index contributed by atoms with van der Waals surface area (Å²) < 4.78 is 15.0. The summed E-state index contributed by atoms with van der Waals surface area (Å²) in [6.45, 7) is 14.9. The van der Waals surface area contributed by atoms with Crippen LogP contribution in [0.5, 0.6) is 0 Å². The minimum Gasteiger partial charge on any atom is -0.348 e. The van der Waals surface area contributed by atoms with Gasteiger partial charge >= 0.3 is 0 Å². The third-order valence-electron chi connectivity index (χ3n) is 6.54. The highest BCUT2D eigenvalue weighted by Gasteiger charge is 2.39. The lowest BCUT2D eigenvalue weighted by Crippen LogP contribution is -2.61. The van der Waals surface area contributed by atoms with Crippen LogP contribution in [0.1, 0.15) is 64.3 Å². The van der Waals surface area contributed by atoms with Crippen molar-refractivity contribution in [1.82, 2.24) is 20.5 Å². The normalized spacial score (nSPS) is 18.3. The fourth-order valence-corrected chi connectivity index (χ4v) is 6.28. The molecular formula is C26H35FN6S. The van der Waals surface area contributed by atoms with E-state index in [4.69, 9.17) is 9.98 Å². The van der Waals surface area contributed by atoms with Gasteiger partial charge in [0.2, 0.25) is 0 Å². The van der Waals surface area contributed by atoms with E-state index < -0.39 is 0 Å². The summed E-state index contributed by atoms with van der Waals surface area (Å²) in [5.41, 5.74) is 4.72. The third-order valence-corrected chi connectivity index (χ3v) is 7.68. The van der Waals surface area contributed by atoms with Crippen molar-refractivity contribution in [3.05, 3.63) is 47.2 Å². The first-order chi connectivity index (χ1) is 15.8. The molecule has 0 atom stereocenters. The molecule has 0 unspecified atom stereocenters. The van der Waals surface area contributed by atoms with Crippen LogP contribution in [0.25, 0.3) is 11.1 Å². The van der Waals surface area contributed by atoms with Crippen molar-refractivity contribution in [2.75, 3.05) is 11.9 Å². The standard InChI is InChI=1S/C26H35FN6S/c1-15-9-18(10-21(27)22(15)19-13-28-29-14-19)16(2)30-23-17(3)31-24(34-23)33(8)20-11-25(4,5)32-26(6,7)12-20/h9-10,13-14,20,32H,11-12H2,1-8H3,(H,28,29)/b30-16+. The lowest BCUT2D eigenvalue weighted by atomic mass is 9.79. The number of anilines is 1. The van der Waals surface area contributed by atoms with Crippen LogP contribution in [0.4, 0.5) is 14.5 Å². The number of nitrogens with one attached hydrogen (secondary N) is 2. The molecule has 0 amide bonds. The van der Waals surface area contributed by atoms with Crippen molar-refractivity contribution >= 4 is 27.2 Å². The maximum Gasteiger partial charge on any atom is 0.187 e. The Kier molecular flexibility index (Phi) is 6.42. The molecule has 34 heavy (non-hydrogen) atoms. The van der Waals surface area contributed by atoms with Crippen LogP contribution in [0.2, 0.25) is 0 Å². The van der Waals surface area contributed by atoms with Crippen molar-refractivity contribution < 1.29 is 4.39 Å². The molecule has 1 aliphatic rings. The fourth-order valence-electron chi connectivity index (χ4n) is 5.25. The lowest BCUT2D eigenvalue weighted by molar-refractivity contribution is 0.161. The number of rotatable bonds is 5. The Morgan fingerprint density at radius 2 is 1.85 bits per heavy atom. The van der Waals surface area contributed by atoms with E-state index in [1.54, 1.807) is 29.8 Å². The number of H-pyrrole nitrogens is 1. The molecule has 182 valence electrons. The number of piperidine rings is 1. The van der Waals surface area contributed by atoms with Crippen molar-refractivity contribution in [1.29, 1.82) is 0 Å². The Hall–Kier alpha value is -2.58. The van der Waals surface area contributed by atoms with Crippen LogP contribution < -0.4 is 10.2 Å². The summed E-state index contributed by atoms with van der Waals surface area (Å²) in [4.78, 5) is 12.0. The van der Waals surface area contributed by atoms with Crippen molar-refractivity contribution in [2.45, 2.75) is 78.4 Å². The Bertz CT molecular complexity index is 1170. The first-order valence-electron chi connectivity index (χ1n) is 11.7. The summed E-state index contributed by atoms with van der Waals surface area (Å²) in [6, 6.07) is 3.92. The zero-order valence-electron chi connectivity index (χ0n) is 21.4. The maximum atomic E-state index is 15.0. The van der Waals surface area contributed by atoms with E-state index in [1.165, 1.54) is 0 Å². The first kappa shape index (κ1) is 24.5. The smallest absolute Gasteiger partial charge is 0.187 e. The Labute approximate surface area is 205 Å². The van der Waals surface area contributed by atoms with Gasteiger partial charge in [0.25, 0.3) is 0 Å². The van der Waals surface area contributed by atoms with Gasteiger partial charge in [0.05, 0.1) is 11.9 Å². The van der Waals surface area contributed by atoms with E-state index in [-0.39, 0.29) is 16.9 Å². The molecule has 1 saturated heterocycles. The number of aliphatic imine (C=N–C) groups is 1. The zero-order chi connectivity index (χ0) is 24.8. The third kappa shape index (κ3) is 5.08. The molecule has 4 rings (SSSR count). The highest BCUT2D eigenvalue weighted by molar-refractivity contribution is 7.19. The van der Waals surface area contributed by atoms with Gasteiger partial charge in [-0.1, -0.05) is 11.3 Å². The molecule has 3 heterocycles. The molecule has 8 heteroatoms. The molecular weight excluding hydrogens is 447 g/mol. The van der Waals surface area contributed by atoms with Gasteiger partial charge in [-0.3, -0.25) is 5.10 Å². The molecule has 1 aromatic carbocycles. The van der Waals surface area contributed by atoms with E-state index >= 15 is 0 Å². The Morgan fingerprint density at radius 1 is 1.18 bits per heavy atom. The minimum absolute atomic E-state index is 0.0646. The number of aromatic amines is 1. The van der Waals surface area contributed by atoms with Gasteiger partial charge < -0.3 is 10.2 Å². The van der Waals surface area contributed by atoms with Crippen LogP contribution in [0.3, 0.4) is 0 Å². The summed E-state index contributed by atoms with van der Waals surface area (Å²) in [5.74, 6) is -0.275. The number of aromatic nitrogens is 3. The number of nitrogens with zero attached hydrogens (tertiary/aromatic N) is 4. The quantitative estimate of drug-likeness (QED) is 0.426. The van der Waals surface area contributed by atoms with Crippen LogP contribution in [0, 0.1) is 19.7 Å². The number of hydrogen-bond donors (Lipinski definition) is 2. The summed E-state index contributed by atoms with van der Waals surface area (Å²) in [7, 11) is 2.13. The van der Waals surface area contributed by atoms with Crippen LogP contribution in [-0.4, -0.2) is 45.1 Å². The SMILES string of the molecule is C/C(=N\c1sc(N(C)C2CC(C)(C)NC(C)(C)C2)nc1C)c1cc(C)c(-c2cn[nH]c2)c(F)c1. The average Bonchev–Trinajstić information content (AvgIpc) is 3.35. The second kappa shape index (κ2) is 8.89. The molecule has 2 N–H and O–H groups in total. The monoisotopic (exact) mass is 482 g/mol. The molecule has 6 nitrogen and oxygen atoms in total. The predicted molar refractivity (Wildman–Crippen MR) is 140 cm³/mol. The van der Waals surface area contributed by atoms with Gasteiger partial charge in [-0.25, -0.2) is 14.4 Å². The fraction of sp³-hybridized carbons (Fsp3) is 0.500. The number of halogens is 1. The topological polar surface area (TPSA) is 69.2 Å². The Balaban J connectivity index is 1.60. The lowest BCUT2D eigenvalue weighted by Gasteiger charge is -2.48. The van der Waals surface area contributed by atoms with Crippen molar-refractivity contribution in [3.63, 3.8) is 0 Å². The van der Waals surface area contributed by atoms with Gasteiger partial charge in [-0.2, -0.15) is 5.10 Å². The zero-order valence-corrected chi connectivity index (χ0v) is 22.2. The van der Waals surface area contributed by atoms with E-state index in [1.807, 2.05) is 26.8 Å². The predicted octanol–water partition coefficient (Wildman–Crippen LogP) is 6.18. The summed E-state index contributed by atoms with van der Waals surface area (Å²) in [5, 5.41) is 12.3.